The number of hydrogen-bond acceptors (Lipinski definition) is 3. The van der Waals surface area contributed by atoms with Crippen LogP contribution in [0.2, 0.25) is 0 Å². The van der Waals surface area contributed by atoms with Gasteiger partial charge in [0.2, 0.25) is 0 Å². The van der Waals surface area contributed by atoms with Gasteiger partial charge in [-0.2, -0.15) is 21.6 Å². The van der Waals surface area contributed by atoms with E-state index in [4.69, 9.17) is 4.18 Å². The second kappa shape index (κ2) is 6.84. The molecule has 0 saturated carbocycles. The maximum absolute atomic E-state index is 12.7. The molecule has 7 heteroatoms. The Morgan fingerprint density at radius 2 is 1.71 bits per heavy atom. The molecule has 0 aliphatic rings. The van der Waals surface area contributed by atoms with Gasteiger partial charge >= 0.3 is 16.3 Å². The van der Waals surface area contributed by atoms with E-state index in [1.54, 1.807) is 18.2 Å². The van der Waals surface area contributed by atoms with Crippen molar-refractivity contribution in [1.29, 1.82) is 0 Å². The average Bonchev–Trinajstić information content (AvgIpc) is 2.46. The molecule has 0 bridgehead atoms. The molecule has 0 atom stereocenters. The van der Waals surface area contributed by atoms with Crippen LogP contribution in [0.15, 0.2) is 48.5 Å². The van der Waals surface area contributed by atoms with E-state index in [9.17, 15) is 21.6 Å². The molecule has 0 heterocycles. The summed E-state index contributed by atoms with van der Waals surface area (Å²) in [5.41, 5.74) is -0.158. The lowest BCUT2D eigenvalue weighted by Gasteiger charge is -2.14. The summed E-state index contributed by atoms with van der Waals surface area (Å²) in [7, 11) is -4.07. The predicted octanol–water partition coefficient (Wildman–Crippen LogP) is 4.74. The Labute approximate surface area is 139 Å². The van der Waals surface area contributed by atoms with Crippen LogP contribution >= 0.6 is 0 Å². The van der Waals surface area contributed by atoms with Crippen molar-refractivity contribution < 1.29 is 25.8 Å². The van der Waals surface area contributed by atoms with E-state index in [2.05, 4.69) is 0 Å². The zero-order chi connectivity index (χ0) is 18.0. The van der Waals surface area contributed by atoms with E-state index in [1.807, 2.05) is 13.8 Å². The van der Waals surface area contributed by atoms with E-state index in [1.165, 1.54) is 18.2 Å². The first kappa shape index (κ1) is 18.3. The van der Waals surface area contributed by atoms with Crippen molar-refractivity contribution >= 4 is 10.1 Å². The Morgan fingerprint density at radius 1 is 1.04 bits per heavy atom. The quantitative estimate of drug-likeness (QED) is 0.725. The number of halogens is 3. The number of para-hydroxylation sites is 1. The zero-order valence-corrected chi connectivity index (χ0v) is 14.0. The van der Waals surface area contributed by atoms with Gasteiger partial charge in [-0.25, -0.2) is 0 Å². The molecule has 0 N–H and O–H groups in total. The van der Waals surface area contributed by atoms with Crippen LogP contribution in [0, 0.1) is 0 Å². The summed E-state index contributed by atoms with van der Waals surface area (Å²) in [4.78, 5) is 0. The minimum absolute atomic E-state index is 0.0202. The van der Waals surface area contributed by atoms with Gasteiger partial charge in [0, 0.05) is 0 Å². The number of hydrogen-bond donors (Lipinski definition) is 0. The summed E-state index contributed by atoms with van der Waals surface area (Å²) < 4.78 is 67.6. The lowest BCUT2D eigenvalue weighted by atomic mass is 10.0. The maximum Gasteiger partial charge on any atom is 0.416 e. The lowest BCUT2D eigenvalue weighted by molar-refractivity contribution is -0.137. The number of alkyl halides is 3. The molecule has 0 aliphatic heterocycles. The standard InChI is InChI=1S/C17H17F3O3S/c1-12(2)15-8-3-4-9-16(15)23-24(21,22)11-13-6-5-7-14(10-13)17(18,19)20/h3-10,12H,11H2,1-2H3. The Morgan fingerprint density at radius 3 is 2.33 bits per heavy atom. The van der Waals surface area contributed by atoms with Gasteiger partial charge in [-0.05, 0) is 29.2 Å². The SMILES string of the molecule is CC(C)c1ccccc1OS(=O)(=O)Cc1cccc(C(F)(F)F)c1. The van der Waals surface area contributed by atoms with Gasteiger partial charge < -0.3 is 4.18 Å². The highest BCUT2D eigenvalue weighted by Gasteiger charge is 2.30. The minimum atomic E-state index is -4.52. The molecular weight excluding hydrogens is 341 g/mol. The van der Waals surface area contributed by atoms with Gasteiger partial charge in [0.05, 0.1) is 5.56 Å². The normalized spacial score (nSPS) is 12.4. The predicted molar refractivity (Wildman–Crippen MR) is 85.2 cm³/mol. The lowest BCUT2D eigenvalue weighted by Crippen LogP contribution is -2.14. The molecule has 2 rings (SSSR count). The largest absolute Gasteiger partial charge is 0.416 e. The van der Waals surface area contributed by atoms with Crippen LogP contribution in [0.3, 0.4) is 0 Å². The smallest absolute Gasteiger partial charge is 0.382 e. The van der Waals surface area contributed by atoms with E-state index < -0.39 is 27.6 Å². The van der Waals surface area contributed by atoms with Crippen LogP contribution in [0.5, 0.6) is 5.75 Å². The molecule has 0 fully saturated rings. The van der Waals surface area contributed by atoms with Gasteiger partial charge in [-0.1, -0.05) is 50.2 Å². The van der Waals surface area contributed by atoms with Crippen molar-refractivity contribution in [2.45, 2.75) is 31.7 Å². The van der Waals surface area contributed by atoms with Gasteiger partial charge in [-0.3, -0.25) is 0 Å². The molecule has 0 aliphatic carbocycles. The topological polar surface area (TPSA) is 43.4 Å². The Hall–Kier alpha value is -2.02. The highest BCUT2D eigenvalue weighted by Crippen LogP contribution is 2.31. The van der Waals surface area contributed by atoms with Gasteiger partial charge in [0.15, 0.2) is 0 Å². The first-order chi connectivity index (χ1) is 11.1. The molecule has 0 spiro atoms. The first-order valence-corrected chi connectivity index (χ1v) is 8.83. The highest BCUT2D eigenvalue weighted by molar-refractivity contribution is 7.86. The molecule has 130 valence electrons. The van der Waals surface area contributed by atoms with E-state index in [0.717, 1.165) is 12.1 Å². The number of benzene rings is 2. The summed E-state index contributed by atoms with van der Waals surface area (Å²) in [5, 5.41) is 0. The van der Waals surface area contributed by atoms with Crippen molar-refractivity contribution in [3.63, 3.8) is 0 Å². The second-order valence-corrected chi connectivity index (χ2v) is 7.25. The Balaban J connectivity index is 2.24. The fraction of sp³-hybridized carbons (Fsp3) is 0.294. The van der Waals surface area contributed by atoms with E-state index in [0.29, 0.717) is 5.56 Å². The summed E-state index contributed by atoms with van der Waals surface area (Å²) in [6.45, 7) is 3.78. The monoisotopic (exact) mass is 358 g/mol. The molecule has 0 aromatic heterocycles. The van der Waals surface area contributed by atoms with E-state index in [-0.39, 0.29) is 17.2 Å². The van der Waals surface area contributed by atoms with E-state index >= 15 is 0 Å². The molecule has 24 heavy (non-hydrogen) atoms. The van der Waals surface area contributed by atoms with Gasteiger partial charge in [0.1, 0.15) is 11.5 Å². The Bertz CT molecular complexity index is 812. The first-order valence-electron chi connectivity index (χ1n) is 7.26. The van der Waals surface area contributed by atoms with Crippen molar-refractivity contribution in [2.75, 3.05) is 0 Å². The average molecular weight is 358 g/mol. The third-order valence-electron chi connectivity index (χ3n) is 3.36. The molecule has 0 unspecified atom stereocenters. The minimum Gasteiger partial charge on any atom is -0.382 e. The van der Waals surface area contributed by atoms with Crippen molar-refractivity contribution in [1.82, 2.24) is 0 Å². The third kappa shape index (κ3) is 4.74. The van der Waals surface area contributed by atoms with Crippen LogP contribution < -0.4 is 4.18 Å². The van der Waals surface area contributed by atoms with Crippen LogP contribution in [0.4, 0.5) is 13.2 Å². The molecule has 2 aromatic rings. The Kier molecular flexibility index (Phi) is 5.22. The highest BCUT2D eigenvalue weighted by atomic mass is 32.2. The molecular formula is C17H17F3O3S. The van der Waals surface area contributed by atoms with Crippen LogP contribution in [0.1, 0.15) is 36.5 Å². The summed E-state index contributed by atoms with van der Waals surface area (Å²) in [5.74, 6) is -0.395. The van der Waals surface area contributed by atoms with Crippen molar-refractivity contribution in [3.05, 3.63) is 65.2 Å². The summed E-state index contributed by atoms with van der Waals surface area (Å²) in [6, 6.07) is 10.9. The van der Waals surface area contributed by atoms with Crippen LogP contribution in [-0.2, 0) is 22.0 Å². The fourth-order valence-corrected chi connectivity index (χ4v) is 3.31. The zero-order valence-electron chi connectivity index (χ0n) is 13.2. The van der Waals surface area contributed by atoms with Gasteiger partial charge in [-0.15, -0.1) is 0 Å². The molecule has 0 radical (unpaired) electrons. The number of rotatable bonds is 5. The van der Waals surface area contributed by atoms with Crippen molar-refractivity contribution in [2.24, 2.45) is 0 Å². The van der Waals surface area contributed by atoms with Gasteiger partial charge in [0.25, 0.3) is 0 Å². The third-order valence-corrected chi connectivity index (χ3v) is 4.48. The van der Waals surface area contributed by atoms with Crippen LogP contribution in [-0.4, -0.2) is 8.42 Å². The molecule has 0 saturated heterocycles. The maximum atomic E-state index is 12.7. The summed E-state index contributed by atoms with van der Waals surface area (Å²) >= 11 is 0. The van der Waals surface area contributed by atoms with Crippen LogP contribution in [0.25, 0.3) is 0 Å². The fourth-order valence-electron chi connectivity index (χ4n) is 2.24. The molecule has 2 aromatic carbocycles. The molecule has 0 amide bonds. The van der Waals surface area contributed by atoms with Crippen molar-refractivity contribution in [3.8, 4) is 5.75 Å². The summed E-state index contributed by atoms with van der Waals surface area (Å²) in [6.07, 6.45) is -4.52. The second-order valence-electron chi connectivity index (χ2n) is 5.68. The molecule has 3 nitrogen and oxygen atoms in total.